The van der Waals surface area contributed by atoms with Crippen molar-refractivity contribution in [2.75, 3.05) is 0 Å². The number of aryl methyl sites for hydroxylation is 3. The lowest BCUT2D eigenvalue weighted by molar-refractivity contribution is 0.721. The third kappa shape index (κ3) is 3.71. The third-order valence-electron chi connectivity index (χ3n) is 2.55. The van der Waals surface area contributed by atoms with Crippen molar-refractivity contribution in [3.8, 4) is 0 Å². The lowest BCUT2D eigenvalue weighted by atomic mass is 10.0. The van der Waals surface area contributed by atoms with Crippen molar-refractivity contribution in [3.05, 3.63) is 34.9 Å². The van der Waals surface area contributed by atoms with Crippen LogP contribution in [0.25, 0.3) is 0 Å². The minimum Gasteiger partial charge on any atom is -0.123 e. The Bertz CT molecular complexity index is 289. The zero-order valence-electron chi connectivity index (χ0n) is 9.31. The van der Waals surface area contributed by atoms with Crippen molar-refractivity contribution in [3.63, 3.8) is 0 Å². The van der Waals surface area contributed by atoms with Gasteiger partial charge in [-0.05, 0) is 51.2 Å². The highest BCUT2D eigenvalue weighted by Gasteiger charge is 2.00. The molecule has 1 aromatic carbocycles. The van der Waals surface area contributed by atoms with E-state index in [-0.39, 0.29) is 0 Å². The first kappa shape index (κ1) is 11.6. The van der Waals surface area contributed by atoms with Crippen molar-refractivity contribution in [1.82, 2.24) is 0 Å². The van der Waals surface area contributed by atoms with Crippen LogP contribution in [0.1, 0.15) is 36.5 Å². The highest BCUT2D eigenvalue weighted by atomic mass is 35.5. The Balaban J connectivity index is 2.53. The summed E-state index contributed by atoms with van der Waals surface area (Å²) >= 11 is 5.92. The van der Waals surface area contributed by atoms with Gasteiger partial charge in [-0.1, -0.05) is 23.8 Å². The fourth-order valence-electron chi connectivity index (χ4n) is 1.64. The number of benzene rings is 1. The molecule has 1 aromatic rings. The Kier molecular flexibility index (Phi) is 4.47. The van der Waals surface area contributed by atoms with E-state index in [1.807, 2.05) is 0 Å². The molecule has 0 fully saturated rings. The van der Waals surface area contributed by atoms with Crippen LogP contribution in [0.5, 0.6) is 0 Å². The molecular formula is C13H19Cl. The predicted molar refractivity (Wildman–Crippen MR) is 64.2 cm³/mol. The van der Waals surface area contributed by atoms with Crippen molar-refractivity contribution < 1.29 is 0 Å². The summed E-state index contributed by atoms with van der Waals surface area (Å²) in [6, 6.07) is 6.66. The molecule has 0 spiro atoms. The number of rotatable bonds is 4. The minimum absolute atomic E-state index is 0.306. The van der Waals surface area contributed by atoms with Gasteiger partial charge in [0, 0.05) is 5.38 Å². The van der Waals surface area contributed by atoms with Crippen LogP contribution in [-0.4, -0.2) is 5.38 Å². The van der Waals surface area contributed by atoms with E-state index in [9.17, 15) is 0 Å². The third-order valence-corrected chi connectivity index (χ3v) is 2.77. The van der Waals surface area contributed by atoms with Gasteiger partial charge in [0.15, 0.2) is 0 Å². The fraction of sp³-hybridized carbons (Fsp3) is 0.538. The second-order valence-electron chi connectivity index (χ2n) is 4.10. The lowest BCUT2D eigenvalue weighted by Crippen LogP contribution is -1.95. The van der Waals surface area contributed by atoms with Crippen molar-refractivity contribution in [2.24, 2.45) is 0 Å². The number of halogens is 1. The van der Waals surface area contributed by atoms with Gasteiger partial charge in [-0.3, -0.25) is 0 Å². The molecule has 0 saturated heterocycles. The summed E-state index contributed by atoms with van der Waals surface area (Å²) in [5.41, 5.74) is 4.23. The van der Waals surface area contributed by atoms with Crippen LogP contribution in [0.15, 0.2) is 18.2 Å². The largest absolute Gasteiger partial charge is 0.123 e. The number of hydrogen-bond donors (Lipinski definition) is 0. The second kappa shape index (κ2) is 5.41. The highest BCUT2D eigenvalue weighted by Crippen LogP contribution is 2.15. The molecule has 1 atom stereocenters. The van der Waals surface area contributed by atoms with E-state index in [0.717, 1.165) is 12.8 Å². The maximum Gasteiger partial charge on any atom is 0.0308 e. The number of hydrogen-bond acceptors (Lipinski definition) is 0. The van der Waals surface area contributed by atoms with Gasteiger partial charge in [0.25, 0.3) is 0 Å². The SMILES string of the molecule is Cc1ccc(C)c(CCCC(C)Cl)c1. The summed E-state index contributed by atoms with van der Waals surface area (Å²) in [5, 5.41) is 0.306. The Labute approximate surface area is 92.3 Å². The van der Waals surface area contributed by atoms with E-state index in [0.29, 0.717) is 5.38 Å². The monoisotopic (exact) mass is 210 g/mol. The van der Waals surface area contributed by atoms with E-state index in [2.05, 4.69) is 39.0 Å². The summed E-state index contributed by atoms with van der Waals surface area (Å²) in [6.07, 6.45) is 3.45. The van der Waals surface area contributed by atoms with Gasteiger partial charge in [-0.2, -0.15) is 0 Å². The van der Waals surface area contributed by atoms with Crippen molar-refractivity contribution in [1.29, 1.82) is 0 Å². The topological polar surface area (TPSA) is 0 Å². The first-order chi connectivity index (χ1) is 6.59. The Morgan fingerprint density at radius 2 is 2.00 bits per heavy atom. The Hall–Kier alpha value is -0.490. The van der Waals surface area contributed by atoms with E-state index in [4.69, 9.17) is 11.6 Å². The van der Waals surface area contributed by atoms with Gasteiger partial charge in [0.2, 0.25) is 0 Å². The predicted octanol–water partition coefficient (Wildman–Crippen LogP) is 4.25. The zero-order chi connectivity index (χ0) is 10.6. The van der Waals surface area contributed by atoms with E-state index >= 15 is 0 Å². The van der Waals surface area contributed by atoms with E-state index in [1.165, 1.54) is 23.1 Å². The molecule has 1 unspecified atom stereocenters. The van der Waals surface area contributed by atoms with Crippen LogP contribution >= 0.6 is 11.6 Å². The summed E-state index contributed by atoms with van der Waals surface area (Å²) in [4.78, 5) is 0. The molecule has 14 heavy (non-hydrogen) atoms. The summed E-state index contributed by atoms with van der Waals surface area (Å²) in [7, 11) is 0. The summed E-state index contributed by atoms with van der Waals surface area (Å²) in [5.74, 6) is 0. The molecule has 78 valence electrons. The molecule has 0 N–H and O–H groups in total. The summed E-state index contributed by atoms with van der Waals surface area (Å²) < 4.78 is 0. The molecule has 0 nitrogen and oxygen atoms in total. The Morgan fingerprint density at radius 3 is 2.64 bits per heavy atom. The first-order valence-electron chi connectivity index (χ1n) is 5.30. The van der Waals surface area contributed by atoms with Crippen LogP contribution in [0.2, 0.25) is 0 Å². The quantitative estimate of drug-likeness (QED) is 0.652. The maximum atomic E-state index is 5.92. The number of alkyl halides is 1. The first-order valence-corrected chi connectivity index (χ1v) is 5.73. The molecule has 0 aromatic heterocycles. The Morgan fingerprint density at radius 1 is 1.29 bits per heavy atom. The molecule has 0 amide bonds. The van der Waals surface area contributed by atoms with Gasteiger partial charge >= 0.3 is 0 Å². The minimum atomic E-state index is 0.306. The van der Waals surface area contributed by atoms with Crippen LogP contribution in [0.4, 0.5) is 0 Å². The highest BCUT2D eigenvalue weighted by molar-refractivity contribution is 6.20. The van der Waals surface area contributed by atoms with Crippen LogP contribution in [0, 0.1) is 13.8 Å². The smallest absolute Gasteiger partial charge is 0.0308 e. The zero-order valence-corrected chi connectivity index (χ0v) is 10.1. The standard InChI is InChI=1S/C13H19Cl/c1-10-7-8-11(2)13(9-10)6-4-5-12(3)14/h7-9,12H,4-6H2,1-3H3. The molecule has 0 aliphatic rings. The average molecular weight is 211 g/mol. The molecule has 1 heteroatoms. The van der Waals surface area contributed by atoms with Gasteiger partial charge in [0.1, 0.15) is 0 Å². The average Bonchev–Trinajstić information content (AvgIpc) is 2.10. The molecule has 0 heterocycles. The molecule has 0 bridgehead atoms. The van der Waals surface area contributed by atoms with Crippen LogP contribution in [0.3, 0.4) is 0 Å². The van der Waals surface area contributed by atoms with Gasteiger partial charge < -0.3 is 0 Å². The molecule has 0 saturated carbocycles. The molecule has 0 radical (unpaired) electrons. The molecular weight excluding hydrogens is 192 g/mol. The van der Waals surface area contributed by atoms with Gasteiger partial charge in [-0.25, -0.2) is 0 Å². The van der Waals surface area contributed by atoms with Crippen molar-refractivity contribution in [2.45, 2.75) is 45.4 Å². The second-order valence-corrected chi connectivity index (χ2v) is 4.85. The lowest BCUT2D eigenvalue weighted by Gasteiger charge is -2.07. The van der Waals surface area contributed by atoms with Gasteiger partial charge in [-0.15, -0.1) is 11.6 Å². The van der Waals surface area contributed by atoms with E-state index in [1.54, 1.807) is 0 Å². The van der Waals surface area contributed by atoms with Crippen molar-refractivity contribution >= 4 is 11.6 Å². The van der Waals surface area contributed by atoms with Crippen LogP contribution < -0.4 is 0 Å². The van der Waals surface area contributed by atoms with Crippen LogP contribution in [-0.2, 0) is 6.42 Å². The normalized spacial score (nSPS) is 12.9. The molecule has 0 aliphatic heterocycles. The van der Waals surface area contributed by atoms with Gasteiger partial charge in [0.05, 0.1) is 0 Å². The molecule has 0 aliphatic carbocycles. The fourth-order valence-corrected chi connectivity index (χ4v) is 1.80. The maximum absolute atomic E-state index is 5.92. The molecule has 1 rings (SSSR count). The van der Waals surface area contributed by atoms with E-state index < -0.39 is 0 Å². The summed E-state index contributed by atoms with van der Waals surface area (Å²) in [6.45, 7) is 6.39.